The average molecular weight is 302 g/mol. The van der Waals surface area contributed by atoms with E-state index in [1.807, 2.05) is 19.9 Å². The molecular weight excluding hydrogens is 283 g/mol. The summed E-state index contributed by atoms with van der Waals surface area (Å²) in [6.07, 6.45) is 0.252. The summed E-state index contributed by atoms with van der Waals surface area (Å²) < 4.78 is 18.7. The highest BCUT2D eigenvalue weighted by atomic mass is 19.1. The topological polar surface area (TPSA) is 46.5 Å². The number of carbonyl (C=O) groups is 1. The van der Waals surface area contributed by atoms with Crippen molar-refractivity contribution >= 4 is 5.97 Å². The first-order valence-corrected chi connectivity index (χ1v) is 7.22. The van der Waals surface area contributed by atoms with Crippen molar-refractivity contribution in [1.29, 1.82) is 0 Å². The average Bonchev–Trinajstić information content (AvgIpc) is 2.46. The first-order valence-electron chi connectivity index (χ1n) is 7.22. The molecule has 0 saturated carbocycles. The van der Waals surface area contributed by atoms with Crippen LogP contribution in [0.2, 0.25) is 0 Å². The molecule has 0 aliphatic carbocycles. The van der Waals surface area contributed by atoms with E-state index in [-0.39, 0.29) is 12.2 Å². The van der Waals surface area contributed by atoms with Crippen LogP contribution in [0.1, 0.15) is 29.5 Å². The normalized spacial score (nSPS) is 12.0. The molecule has 0 heterocycles. The van der Waals surface area contributed by atoms with Gasteiger partial charge in [0.1, 0.15) is 11.6 Å². The molecule has 0 aliphatic heterocycles. The number of hydrogen-bond donors (Lipinski definition) is 1. The monoisotopic (exact) mass is 302 g/mol. The largest absolute Gasteiger partial charge is 0.494 e. The molecule has 1 atom stereocenters. The van der Waals surface area contributed by atoms with Crippen LogP contribution in [-0.4, -0.2) is 17.7 Å². The molecule has 1 unspecified atom stereocenters. The lowest BCUT2D eigenvalue weighted by Crippen LogP contribution is -2.16. The van der Waals surface area contributed by atoms with E-state index in [4.69, 9.17) is 4.74 Å². The maximum absolute atomic E-state index is 13.3. The Balaban J connectivity index is 2.30. The van der Waals surface area contributed by atoms with Gasteiger partial charge in [-0.25, -0.2) is 4.39 Å². The van der Waals surface area contributed by atoms with Gasteiger partial charge in [-0.1, -0.05) is 18.2 Å². The SMILES string of the molecule is CCOc1ccc(C(Cc2cccc(F)c2)C(=O)O)c(C)c1. The highest BCUT2D eigenvalue weighted by Crippen LogP contribution is 2.27. The van der Waals surface area contributed by atoms with E-state index in [9.17, 15) is 14.3 Å². The Morgan fingerprint density at radius 1 is 1.27 bits per heavy atom. The molecule has 0 spiro atoms. The predicted molar refractivity (Wildman–Crippen MR) is 82.8 cm³/mol. The van der Waals surface area contributed by atoms with Gasteiger partial charge in [0.2, 0.25) is 0 Å². The third-order valence-electron chi connectivity index (χ3n) is 3.55. The fourth-order valence-electron chi connectivity index (χ4n) is 2.53. The van der Waals surface area contributed by atoms with Crippen molar-refractivity contribution in [1.82, 2.24) is 0 Å². The zero-order valence-electron chi connectivity index (χ0n) is 12.7. The Kier molecular flexibility index (Phi) is 5.15. The second-order valence-electron chi connectivity index (χ2n) is 5.18. The summed E-state index contributed by atoms with van der Waals surface area (Å²) >= 11 is 0. The Bertz CT molecular complexity index is 667. The second kappa shape index (κ2) is 7.07. The molecule has 2 aromatic carbocycles. The molecular formula is C18H19FO3. The van der Waals surface area contributed by atoms with Gasteiger partial charge in [0.25, 0.3) is 0 Å². The van der Waals surface area contributed by atoms with E-state index in [0.29, 0.717) is 12.2 Å². The van der Waals surface area contributed by atoms with Crippen molar-refractivity contribution in [3.8, 4) is 5.75 Å². The number of carboxylic acids is 1. The second-order valence-corrected chi connectivity index (χ2v) is 5.18. The molecule has 22 heavy (non-hydrogen) atoms. The van der Waals surface area contributed by atoms with Crippen molar-refractivity contribution in [2.45, 2.75) is 26.2 Å². The van der Waals surface area contributed by atoms with Crippen molar-refractivity contribution in [2.75, 3.05) is 6.61 Å². The summed E-state index contributed by atoms with van der Waals surface area (Å²) in [5.74, 6) is -1.27. The molecule has 4 heteroatoms. The Morgan fingerprint density at radius 3 is 2.64 bits per heavy atom. The quantitative estimate of drug-likeness (QED) is 0.879. The summed E-state index contributed by atoms with van der Waals surface area (Å²) in [5.41, 5.74) is 2.25. The minimum absolute atomic E-state index is 0.252. The molecule has 0 saturated heterocycles. The van der Waals surface area contributed by atoms with Crippen LogP contribution in [0.25, 0.3) is 0 Å². The first kappa shape index (κ1) is 16.0. The van der Waals surface area contributed by atoms with Crippen molar-refractivity contribution < 1.29 is 19.0 Å². The molecule has 0 amide bonds. The fourth-order valence-corrected chi connectivity index (χ4v) is 2.53. The van der Waals surface area contributed by atoms with Gasteiger partial charge >= 0.3 is 5.97 Å². The third-order valence-corrected chi connectivity index (χ3v) is 3.55. The summed E-state index contributed by atoms with van der Waals surface area (Å²) in [4.78, 5) is 11.6. The molecule has 2 aromatic rings. The van der Waals surface area contributed by atoms with Gasteiger partial charge in [0.05, 0.1) is 12.5 Å². The van der Waals surface area contributed by atoms with E-state index in [2.05, 4.69) is 0 Å². The van der Waals surface area contributed by atoms with Gasteiger partial charge < -0.3 is 9.84 Å². The summed E-state index contributed by atoms with van der Waals surface area (Å²) in [5, 5.41) is 9.53. The fraction of sp³-hybridized carbons (Fsp3) is 0.278. The molecule has 2 rings (SSSR count). The lowest BCUT2D eigenvalue weighted by atomic mass is 9.89. The van der Waals surface area contributed by atoms with Gasteiger partial charge in [0, 0.05) is 0 Å². The van der Waals surface area contributed by atoms with Crippen molar-refractivity contribution in [2.24, 2.45) is 0 Å². The number of halogens is 1. The van der Waals surface area contributed by atoms with Crippen LogP contribution in [0.3, 0.4) is 0 Å². The Hall–Kier alpha value is -2.36. The minimum atomic E-state index is -0.920. The van der Waals surface area contributed by atoms with E-state index in [1.54, 1.807) is 24.3 Å². The van der Waals surface area contributed by atoms with Crippen LogP contribution in [0.5, 0.6) is 5.75 Å². The number of carboxylic acid groups (broad SMARTS) is 1. The smallest absolute Gasteiger partial charge is 0.311 e. The Morgan fingerprint density at radius 2 is 2.05 bits per heavy atom. The number of aliphatic carboxylic acids is 1. The van der Waals surface area contributed by atoms with Crippen molar-refractivity contribution in [3.05, 3.63) is 65.0 Å². The van der Waals surface area contributed by atoms with E-state index >= 15 is 0 Å². The number of hydrogen-bond acceptors (Lipinski definition) is 2. The molecule has 0 fully saturated rings. The van der Waals surface area contributed by atoms with Gasteiger partial charge in [0.15, 0.2) is 0 Å². The summed E-state index contributed by atoms with van der Waals surface area (Å²) in [6.45, 7) is 4.32. The van der Waals surface area contributed by atoms with Crippen LogP contribution in [0.15, 0.2) is 42.5 Å². The highest BCUT2D eigenvalue weighted by molar-refractivity contribution is 5.77. The van der Waals surface area contributed by atoms with Crippen LogP contribution >= 0.6 is 0 Å². The molecule has 0 aliphatic rings. The summed E-state index contributed by atoms with van der Waals surface area (Å²) in [6, 6.07) is 11.4. The number of benzene rings is 2. The van der Waals surface area contributed by atoms with Gasteiger partial charge in [-0.05, 0) is 61.2 Å². The van der Waals surface area contributed by atoms with Crippen LogP contribution < -0.4 is 4.74 Å². The molecule has 3 nitrogen and oxygen atoms in total. The lowest BCUT2D eigenvalue weighted by Gasteiger charge is -2.16. The molecule has 0 radical (unpaired) electrons. The van der Waals surface area contributed by atoms with Gasteiger partial charge in [-0.2, -0.15) is 0 Å². The van der Waals surface area contributed by atoms with Gasteiger partial charge in [-0.3, -0.25) is 4.79 Å². The zero-order chi connectivity index (χ0) is 16.1. The van der Waals surface area contributed by atoms with Crippen LogP contribution in [0, 0.1) is 12.7 Å². The predicted octanol–water partition coefficient (Wildman–Crippen LogP) is 3.94. The first-order chi connectivity index (χ1) is 10.5. The number of rotatable bonds is 6. The van der Waals surface area contributed by atoms with E-state index < -0.39 is 11.9 Å². The zero-order valence-corrected chi connectivity index (χ0v) is 12.7. The lowest BCUT2D eigenvalue weighted by molar-refractivity contribution is -0.138. The highest BCUT2D eigenvalue weighted by Gasteiger charge is 2.22. The van der Waals surface area contributed by atoms with E-state index in [1.165, 1.54) is 12.1 Å². The molecule has 0 bridgehead atoms. The molecule has 0 aromatic heterocycles. The third kappa shape index (κ3) is 3.85. The number of aryl methyl sites for hydroxylation is 1. The van der Waals surface area contributed by atoms with Crippen LogP contribution in [0.4, 0.5) is 4.39 Å². The minimum Gasteiger partial charge on any atom is -0.494 e. The molecule has 116 valence electrons. The van der Waals surface area contributed by atoms with E-state index in [0.717, 1.165) is 16.9 Å². The number of ether oxygens (including phenoxy) is 1. The maximum Gasteiger partial charge on any atom is 0.311 e. The maximum atomic E-state index is 13.3. The Labute approximate surface area is 129 Å². The van der Waals surface area contributed by atoms with Crippen molar-refractivity contribution in [3.63, 3.8) is 0 Å². The standard InChI is InChI=1S/C18H19FO3/c1-3-22-15-7-8-16(12(2)9-15)17(18(20)21)11-13-5-4-6-14(19)10-13/h4-10,17H,3,11H2,1-2H3,(H,20,21). The summed E-state index contributed by atoms with van der Waals surface area (Å²) in [7, 11) is 0. The van der Waals surface area contributed by atoms with Gasteiger partial charge in [-0.15, -0.1) is 0 Å². The van der Waals surface area contributed by atoms with Crippen LogP contribution in [-0.2, 0) is 11.2 Å². The molecule has 1 N–H and O–H groups in total.